The summed E-state index contributed by atoms with van der Waals surface area (Å²) in [5, 5.41) is 2.12. The van der Waals surface area contributed by atoms with Crippen molar-refractivity contribution in [2.45, 2.75) is 0 Å². The Bertz CT molecular complexity index is 93.5. The fourth-order valence-corrected chi connectivity index (χ4v) is 1.77. The zero-order chi connectivity index (χ0) is 6.95. The fraction of sp³-hybridized carbons (Fsp3) is 0.143. The first-order valence-electron chi connectivity index (χ1n) is 2.58. The Labute approximate surface area is 64.5 Å². The Balaban J connectivity index is 0.000000148. The number of hydrogen-bond donors (Lipinski definition) is 0. The Morgan fingerprint density at radius 2 is 2.00 bits per heavy atom. The lowest BCUT2D eigenvalue weighted by molar-refractivity contribution is 1.85. The van der Waals surface area contributed by atoms with Gasteiger partial charge in [-0.05, 0) is 5.41 Å². The van der Waals surface area contributed by atoms with Gasteiger partial charge < -0.3 is 0 Å². The van der Waals surface area contributed by atoms with Gasteiger partial charge in [-0.3, -0.25) is 0 Å². The second-order valence-electron chi connectivity index (χ2n) is 1.22. The molecule has 0 aromatic carbocycles. The quantitative estimate of drug-likeness (QED) is 0.424. The molecule has 0 saturated carbocycles. The van der Waals surface area contributed by atoms with E-state index >= 15 is 0 Å². The molecule has 1 aliphatic heterocycles. The maximum Gasteiger partial charge on any atom is 0.0229 e. The molecule has 0 amide bonds. The van der Waals surface area contributed by atoms with E-state index in [9.17, 15) is 0 Å². The molecule has 0 fully saturated rings. The molecule has 0 radical (unpaired) electrons. The molecule has 2 heteroatoms. The van der Waals surface area contributed by atoms with Crippen LogP contribution in [0.1, 0.15) is 0 Å². The Morgan fingerprint density at radius 1 is 1.33 bits per heavy atom. The topological polar surface area (TPSA) is 0 Å². The highest BCUT2D eigenvalue weighted by atomic mass is 33.1. The summed E-state index contributed by atoms with van der Waals surface area (Å²) < 4.78 is 0. The molecule has 0 nitrogen and oxygen atoms in total. The average Bonchev–Trinajstić information content (AvgIpc) is 2.43. The van der Waals surface area contributed by atoms with E-state index in [4.69, 9.17) is 0 Å². The van der Waals surface area contributed by atoms with Crippen molar-refractivity contribution in [3.05, 3.63) is 36.8 Å². The summed E-state index contributed by atoms with van der Waals surface area (Å²) in [5.41, 5.74) is 0. The SMILES string of the molecule is C1=CSSC1.C=CC=C. The van der Waals surface area contributed by atoms with Crippen molar-refractivity contribution in [2.75, 3.05) is 5.75 Å². The second-order valence-corrected chi connectivity index (χ2v) is 3.54. The third-order valence-electron chi connectivity index (χ3n) is 0.551. The van der Waals surface area contributed by atoms with Gasteiger partial charge >= 0.3 is 0 Å². The van der Waals surface area contributed by atoms with Crippen molar-refractivity contribution in [3.63, 3.8) is 0 Å². The van der Waals surface area contributed by atoms with Crippen LogP contribution in [0, 0.1) is 0 Å². The minimum Gasteiger partial charge on any atom is -0.0991 e. The van der Waals surface area contributed by atoms with E-state index in [0.29, 0.717) is 0 Å². The van der Waals surface area contributed by atoms with E-state index in [-0.39, 0.29) is 0 Å². The van der Waals surface area contributed by atoms with Crippen LogP contribution in [0.4, 0.5) is 0 Å². The van der Waals surface area contributed by atoms with Gasteiger partial charge in [-0.2, -0.15) is 0 Å². The zero-order valence-electron chi connectivity index (χ0n) is 5.25. The predicted octanol–water partition coefficient (Wildman–Crippen LogP) is 3.25. The highest BCUT2D eigenvalue weighted by molar-refractivity contribution is 8.78. The highest BCUT2D eigenvalue weighted by Crippen LogP contribution is 2.27. The molecule has 50 valence electrons. The Hall–Kier alpha value is -0.0800. The van der Waals surface area contributed by atoms with E-state index in [1.165, 1.54) is 5.75 Å². The normalized spacial score (nSPS) is 13.8. The largest absolute Gasteiger partial charge is 0.0991 e. The molecule has 9 heavy (non-hydrogen) atoms. The van der Waals surface area contributed by atoms with Crippen LogP contribution in [0.2, 0.25) is 0 Å². The minimum absolute atomic E-state index is 1.20. The van der Waals surface area contributed by atoms with Crippen molar-refractivity contribution >= 4 is 21.6 Å². The van der Waals surface area contributed by atoms with E-state index in [2.05, 4.69) is 24.6 Å². The van der Waals surface area contributed by atoms with Gasteiger partial charge in [-0.15, -0.1) is 0 Å². The zero-order valence-corrected chi connectivity index (χ0v) is 6.88. The molecule has 1 heterocycles. The summed E-state index contributed by atoms with van der Waals surface area (Å²) in [6.45, 7) is 6.72. The maximum atomic E-state index is 3.36. The van der Waals surface area contributed by atoms with Crippen LogP contribution in [0.3, 0.4) is 0 Å². The smallest absolute Gasteiger partial charge is 0.0229 e. The molecule has 1 rings (SSSR count). The van der Waals surface area contributed by atoms with Gasteiger partial charge in [0, 0.05) is 5.75 Å². The predicted molar refractivity (Wildman–Crippen MR) is 49.6 cm³/mol. The molecule has 0 unspecified atom stereocenters. The summed E-state index contributed by atoms with van der Waals surface area (Å²) in [6.07, 6.45) is 5.44. The molecule has 0 aromatic heterocycles. The highest BCUT2D eigenvalue weighted by Gasteiger charge is 1.85. The number of hydrogen-bond acceptors (Lipinski definition) is 2. The van der Waals surface area contributed by atoms with Crippen LogP contribution in [-0.2, 0) is 0 Å². The molecular weight excluding hydrogens is 148 g/mol. The lowest BCUT2D eigenvalue weighted by Crippen LogP contribution is -1.46. The summed E-state index contributed by atoms with van der Waals surface area (Å²) >= 11 is 0. The minimum atomic E-state index is 1.20. The van der Waals surface area contributed by atoms with Crippen molar-refractivity contribution in [3.8, 4) is 0 Å². The summed E-state index contributed by atoms with van der Waals surface area (Å²) in [7, 11) is 3.69. The van der Waals surface area contributed by atoms with Gasteiger partial charge in [0.15, 0.2) is 0 Å². The summed E-state index contributed by atoms with van der Waals surface area (Å²) in [4.78, 5) is 0. The van der Waals surface area contributed by atoms with Gasteiger partial charge in [0.05, 0.1) is 0 Å². The van der Waals surface area contributed by atoms with E-state index in [1.54, 1.807) is 12.2 Å². The summed E-state index contributed by atoms with van der Waals surface area (Å²) in [5.74, 6) is 1.20. The monoisotopic (exact) mass is 158 g/mol. The van der Waals surface area contributed by atoms with Crippen LogP contribution in [-0.4, -0.2) is 5.75 Å². The van der Waals surface area contributed by atoms with Crippen molar-refractivity contribution in [1.29, 1.82) is 0 Å². The van der Waals surface area contributed by atoms with Crippen LogP contribution in [0.5, 0.6) is 0 Å². The van der Waals surface area contributed by atoms with E-state index in [0.717, 1.165) is 0 Å². The third-order valence-corrected chi connectivity index (χ3v) is 2.47. The first kappa shape index (κ1) is 8.92. The Morgan fingerprint density at radius 3 is 2.11 bits per heavy atom. The van der Waals surface area contributed by atoms with Crippen LogP contribution >= 0.6 is 21.6 Å². The maximum absolute atomic E-state index is 3.36. The van der Waals surface area contributed by atoms with Gasteiger partial charge in [-0.25, -0.2) is 0 Å². The molecule has 0 saturated heterocycles. The van der Waals surface area contributed by atoms with Crippen molar-refractivity contribution in [1.82, 2.24) is 0 Å². The fourth-order valence-electron chi connectivity index (χ4n) is 0.196. The van der Waals surface area contributed by atoms with Crippen LogP contribution in [0.15, 0.2) is 36.8 Å². The van der Waals surface area contributed by atoms with Crippen molar-refractivity contribution < 1.29 is 0 Å². The van der Waals surface area contributed by atoms with Gasteiger partial charge in [0.2, 0.25) is 0 Å². The molecule has 1 aliphatic rings. The standard InChI is InChI=1S/C4H6.C3H4S2/c1-3-4-2;1-2-4-5-3-1/h3-4H,1-2H2;1-2H,3H2. The molecule has 0 aromatic rings. The van der Waals surface area contributed by atoms with Gasteiger partial charge in [0.25, 0.3) is 0 Å². The molecule has 0 atom stereocenters. The summed E-state index contributed by atoms with van der Waals surface area (Å²) in [6, 6.07) is 0. The van der Waals surface area contributed by atoms with Gasteiger partial charge in [0.1, 0.15) is 0 Å². The first-order chi connectivity index (χ1) is 4.41. The number of allylic oxidation sites excluding steroid dienone is 2. The molecular formula is C7H10S2. The molecule has 0 spiro atoms. The van der Waals surface area contributed by atoms with Crippen molar-refractivity contribution in [2.24, 2.45) is 0 Å². The van der Waals surface area contributed by atoms with E-state index < -0.39 is 0 Å². The second kappa shape index (κ2) is 7.92. The first-order valence-corrected chi connectivity index (χ1v) is 4.96. The lowest BCUT2D eigenvalue weighted by atomic mass is 10.6. The Kier molecular flexibility index (Phi) is 7.85. The lowest BCUT2D eigenvalue weighted by Gasteiger charge is -1.69. The van der Waals surface area contributed by atoms with E-state index in [1.807, 2.05) is 21.6 Å². The molecule has 0 N–H and O–H groups in total. The number of rotatable bonds is 1. The van der Waals surface area contributed by atoms with Crippen LogP contribution < -0.4 is 0 Å². The van der Waals surface area contributed by atoms with Gasteiger partial charge in [-0.1, -0.05) is 53.0 Å². The average molecular weight is 158 g/mol. The van der Waals surface area contributed by atoms with Crippen LogP contribution in [0.25, 0.3) is 0 Å². The molecule has 0 bridgehead atoms. The third kappa shape index (κ3) is 7.92. The molecule has 0 aliphatic carbocycles.